The Morgan fingerprint density at radius 1 is 1.05 bits per heavy atom. The van der Waals surface area contributed by atoms with Crippen LogP contribution in [0.1, 0.15) is 104 Å². The number of benzene rings is 1. The van der Waals surface area contributed by atoms with E-state index < -0.39 is 12.1 Å². The van der Waals surface area contributed by atoms with Crippen LogP contribution in [0.5, 0.6) is 0 Å². The van der Waals surface area contributed by atoms with Gasteiger partial charge in [0, 0.05) is 23.5 Å². The Kier molecular flexibility index (Phi) is 20.6. The average Bonchev–Trinajstić information content (AvgIpc) is 3.41. The fraction of sp³-hybridized carbons (Fsp3) is 0.600. The maximum Gasteiger partial charge on any atom is 0.300 e. The number of nitrogens with two attached hydrogens (primary N) is 2. The molecule has 1 aromatic carbocycles. The number of unbranched alkanes of at least 4 members (excludes halogenated alkanes) is 9. The molecule has 0 bridgehead atoms. The summed E-state index contributed by atoms with van der Waals surface area (Å²) in [7, 11) is 0. The first kappa shape index (κ1) is 38.4. The summed E-state index contributed by atoms with van der Waals surface area (Å²) in [6.07, 6.45) is 17.5. The van der Waals surface area contributed by atoms with E-state index in [1.807, 2.05) is 20.8 Å². The minimum Gasteiger partial charge on any atom is -0.481 e. The van der Waals surface area contributed by atoms with E-state index in [-0.39, 0.29) is 11.4 Å². The van der Waals surface area contributed by atoms with Crippen LogP contribution in [0.15, 0.2) is 35.8 Å². The molecule has 1 aromatic heterocycles. The number of carboxylic acid groups (broad SMARTS) is 1. The minimum atomic E-state index is -0.833. The molecule has 0 amide bonds. The van der Waals surface area contributed by atoms with Gasteiger partial charge in [0.25, 0.3) is 5.97 Å². The number of guanidine groups is 1. The lowest BCUT2D eigenvalue weighted by Gasteiger charge is -2.28. The molecule has 0 radical (unpaired) electrons. The predicted octanol–water partition coefficient (Wildman–Crippen LogP) is 7.26. The summed E-state index contributed by atoms with van der Waals surface area (Å²) in [5.41, 5.74) is 11.5. The van der Waals surface area contributed by atoms with Gasteiger partial charge < -0.3 is 21.7 Å². The molecule has 6 N–H and O–H groups in total. The van der Waals surface area contributed by atoms with Gasteiger partial charge >= 0.3 is 0 Å². The number of aromatic nitrogens is 3. The first-order valence-electron chi connectivity index (χ1n) is 14.2. The van der Waals surface area contributed by atoms with E-state index in [1.165, 1.54) is 64.1 Å². The predicted molar refractivity (Wildman–Crippen MR) is 172 cm³/mol. The van der Waals surface area contributed by atoms with Crippen molar-refractivity contribution in [3.8, 4) is 0 Å². The molecule has 1 heterocycles. The van der Waals surface area contributed by atoms with Crippen LogP contribution in [0.25, 0.3) is 11.8 Å². The maximum absolute atomic E-state index is 10.6. The van der Waals surface area contributed by atoms with Gasteiger partial charge in [-0.1, -0.05) is 115 Å². The highest BCUT2D eigenvalue weighted by atomic mass is 35.5. The summed E-state index contributed by atoms with van der Waals surface area (Å²) < 4.78 is 1.54. The van der Waals surface area contributed by atoms with Crippen molar-refractivity contribution in [3.63, 3.8) is 0 Å². The van der Waals surface area contributed by atoms with E-state index in [1.54, 1.807) is 35.3 Å². The summed E-state index contributed by atoms with van der Waals surface area (Å²) >= 11 is 12.1. The fourth-order valence-corrected chi connectivity index (χ4v) is 4.10. The van der Waals surface area contributed by atoms with Crippen molar-refractivity contribution in [2.24, 2.45) is 21.9 Å². The maximum atomic E-state index is 10.6. The molecule has 0 aliphatic rings. The van der Waals surface area contributed by atoms with Crippen LogP contribution in [0.2, 0.25) is 10.0 Å². The average molecular weight is 614 g/mol. The Hall–Kier alpha value is -2.62. The van der Waals surface area contributed by atoms with Crippen molar-refractivity contribution >= 4 is 46.9 Å². The zero-order chi connectivity index (χ0) is 31.3. The number of aliphatic carboxylic acids is 1. The Labute approximate surface area is 256 Å². The lowest BCUT2D eigenvalue weighted by molar-refractivity contribution is -0.134. The van der Waals surface area contributed by atoms with Crippen molar-refractivity contribution in [2.75, 3.05) is 6.54 Å². The fourth-order valence-electron chi connectivity index (χ4n) is 3.64. The number of carboxylic acids is 1. The standard InChI is InChI=1S/C15H17Cl2N3O.C13H29N3.C2H4O2/c1-15(2,3)14(21)13(20-9-18-8-19-20)6-10-4-5-11(16)7-12(10)17;1-2-3-4-5-6-7-8-9-10-11-12-16-13(14)15;1-2(3)4/h4-9,14,21H,1-3H3;2-12H2,1H3,(H4,14,15,16);1H3,(H,3,4)/b13-6+;;/t14-;;/m0../s1. The molecule has 0 saturated carbocycles. The van der Waals surface area contributed by atoms with Crippen LogP contribution >= 0.6 is 23.2 Å². The summed E-state index contributed by atoms with van der Waals surface area (Å²) in [5.74, 6) is -0.615. The quantitative estimate of drug-likeness (QED) is 0.0994. The number of aliphatic imine (C=N–C) groups is 1. The minimum absolute atomic E-state index is 0.218. The van der Waals surface area contributed by atoms with Crippen molar-refractivity contribution in [1.29, 1.82) is 0 Å². The molecule has 9 nitrogen and oxygen atoms in total. The molecule has 2 aromatic rings. The summed E-state index contributed by atoms with van der Waals surface area (Å²) in [4.78, 5) is 16.9. The lowest BCUT2D eigenvalue weighted by atomic mass is 9.86. The smallest absolute Gasteiger partial charge is 0.300 e. The number of hydrogen-bond donors (Lipinski definition) is 4. The molecule has 0 aliphatic heterocycles. The largest absolute Gasteiger partial charge is 0.481 e. The highest BCUT2D eigenvalue weighted by molar-refractivity contribution is 6.35. The van der Waals surface area contributed by atoms with Crippen LogP contribution in [-0.2, 0) is 4.79 Å². The number of aliphatic hydroxyl groups excluding tert-OH is 1. The number of aliphatic hydroxyl groups is 1. The van der Waals surface area contributed by atoms with E-state index in [9.17, 15) is 5.11 Å². The molecule has 41 heavy (non-hydrogen) atoms. The van der Waals surface area contributed by atoms with E-state index in [2.05, 4.69) is 22.0 Å². The Balaban J connectivity index is 0.000000712. The van der Waals surface area contributed by atoms with E-state index in [0.717, 1.165) is 25.5 Å². The zero-order valence-corrected chi connectivity index (χ0v) is 26.8. The number of nitrogens with zero attached hydrogens (tertiary/aromatic N) is 4. The van der Waals surface area contributed by atoms with Crippen molar-refractivity contribution in [1.82, 2.24) is 14.8 Å². The van der Waals surface area contributed by atoms with Gasteiger partial charge in [0.15, 0.2) is 5.96 Å². The molecular weight excluding hydrogens is 563 g/mol. The van der Waals surface area contributed by atoms with Gasteiger partial charge in [-0.25, -0.2) is 9.67 Å². The Morgan fingerprint density at radius 3 is 2.02 bits per heavy atom. The third-order valence-electron chi connectivity index (χ3n) is 5.86. The molecular formula is C30H50Cl2N6O3. The molecule has 232 valence electrons. The summed E-state index contributed by atoms with van der Waals surface area (Å²) in [6, 6.07) is 5.22. The van der Waals surface area contributed by atoms with Gasteiger partial charge in [-0.05, 0) is 35.6 Å². The third kappa shape index (κ3) is 20.0. The van der Waals surface area contributed by atoms with Gasteiger partial charge in [0.1, 0.15) is 18.8 Å². The number of halogens is 2. The Bertz CT molecular complexity index is 1030. The first-order valence-corrected chi connectivity index (χ1v) is 15.0. The van der Waals surface area contributed by atoms with Crippen LogP contribution in [-0.4, -0.2) is 49.6 Å². The molecule has 2 rings (SSSR count). The first-order chi connectivity index (χ1) is 19.3. The van der Waals surface area contributed by atoms with Gasteiger partial charge in [0.05, 0.1) is 5.70 Å². The highest BCUT2D eigenvalue weighted by Gasteiger charge is 2.27. The third-order valence-corrected chi connectivity index (χ3v) is 6.42. The summed E-state index contributed by atoms with van der Waals surface area (Å²) in [6.45, 7) is 9.99. The van der Waals surface area contributed by atoms with E-state index >= 15 is 0 Å². The second-order valence-electron chi connectivity index (χ2n) is 10.9. The second-order valence-corrected chi connectivity index (χ2v) is 11.7. The van der Waals surface area contributed by atoms with Crippen molar-refractivity contribution in [3.05, 3.63) is 46.5 Å². The van der Waals surface area contributed by atoms with Gasteiger partial charge in [-0.2, -0.15) is 5.10 Å². The molecule has 11 heteroatoms. The van der Waals surface area contributed by atoms with Crippen LogP contribution in [0, 0.1) is 5.41 Å². The highest BCUT2D eigenvalue weighted by Crippen LogP contribution is 2.31. The lowest BCUT2D eigenvalue weighted by Crippen LogP contribution is -2.29. The zero-order valence-electron chi connectivity index (χ0n) is 25.3. The van der Waals surface area contributed by atoms with Gasteiger partial charge in [0.2, 0.25) is 0 Å². The SMILES string of the molecule is CC(=O)O.CC(C)(C)[C@@H](O)/C(=C\c1ccc(Cl)cc1Cl)n1cncn1.CCCCCCCCCCCCN=C(N)N. The monoisotopic (exact) mass is 612 g/mol. The van der Waals surface area contributed by atoms with Crippen LogP contribution in [0.4, 0.5) is 0 Å². The number of rotatable bonds is 14. The Morgan fingerprint density at radius 2 is 1.59 bits per heavy atom. The number of carbonyl (C=O) groups is 1. The van der Waals surface area contributed by atoms with Gasteiger partial charge in [-0.3, -0.25) is 9.79 Å². The molecule has 0 saturated heterocycles. The molecule has 0 fully saturated rings. The summed E-state index contributed by atoms with van der Waals surface area (Å²) in [5, 5.41) is 23.2. The normalized spacial score (nSPS) is 12.0. The van der Waals surface area contributed by atoms with Crippen LogP contribution in [0.3, 0.4) is 0 Å². The molecule has 0 aliphatic carbocycles. The van der Waals surface area contributed by atoms with Crippen LogP contribution < -0.4 is 11.5 Å². The van der Waals surface area contributed by atoms with E-state index in [0.29, 0.717) is 15.7 Å². The topological polar surface area (TPSA) is 153 Å². The van der Waals surface area contributed by atoms with Crippen molar-refractivity contribution in [2.45, 2.75) is 105 Å². The number of hydrogen-bond acceptors (Lipinski definition) is 5. The van der Waals surface area contributed by atoms with Crippen molar-refractivity contribution < 1.29 is 15.0 Å². The molecule has 0 unspecified atom stereocenters. The van der Waals surface area contributed by atoms with E-state index in [4.69, 9.17) is 44.6 Å². The second kappa shape index (κ2) is 22.0. The molecule has 1 atom stereocenters. The van der Waals surface area contributed by atoms with Gasteiger partial charge in [-0.15, -0.1) is 0 Å². The molecule has 0 spiro atoms.